The number of fused-ring (bicyclic) bond motifs is 1. The van der Waals surface area contributed by atoms with E-state index in [9.17, 15) is 9.18 Å². The Hall–Kier alpha value is -2.71. The van der Waals surface area contributed by atoms with E-state index in [1.807, 2.05) is 37.9 Å². The molecule has 1 aromatic carbocycles. The molecule has 2 amide bonds. The highest BCUT2D eigenvalue weighted by Gasteiger charge is 2.26. The first-order valence-corrected chi connectivity index (χ1v) is 13.3. The summed E-state index contributed by atoms with van der Waals surface area (Å²) in [5.74, 6) is 0.624. The van der Waals surface area contributed by atoms with Gasteiger partial charge in [0, 0.05) is 47.3 Å². The van der Waals surface area contributed by atoms with Crippen molar-refractivity contribution >= 4 is 46.0 Å². The molecule has 1 saturated heterocycles. The summed E-state index contributed by atoms with van der Waals surface area (Å²) < 4.78 is 22.3. The molecule has 3 heterocycles. The van der Waals surface area contributed by atoms with Crippen molar-refractivity contribution in [2.45, 2.75) is 65.1 Å². The molecule has 200 valence electrons. The third-order valence-electron chi connectivity index (χ3n) is 6.75. The van der Waals surface area contributed by atoms with Crippen molar-refractivity contribution in [3.05, 3.63) is 52.0 Å². The SMILES string of the molecule is C[C@@H](Oc1c(N)ncc2c1ccn2CCC1CCN(C(=O)NC(C)(C)C)CC1)c1c(Cl)ccc(F)c1Cl. The van der Waals surface area contributed by atoms with Gasteiger partial charge in [-0.3, -0.25) is 0 Å². The Labute approximate surface area is 227 Å². The Morgan fingerprint density at radius 2 is 1.97 bits per heavy atom. The molecular weight excluding hydrogens is 516 g/mol. The minimum atomic E-state index is -0.644. The van der Waals surface area contributed by atoms with Crippen molar-refractivity contribution in [3.8, 4) is 5.75 Å². The van der Waals surface area contributed by atoms with Crippen LogP contribution in [0.1, 0.15) is 58.6 Å². The number of piperidine rings is 1. The number of aryl methyl sites for hydroxylation is 1. The lowest BCUT2D eigenvalue weighted by molar-refractivity contribution is 0.160. The van der Waals surface area contributed by atoms with Crippen LogP contribution < -0.4 is 15.8 Å². The number of anilines is 1. The van der Waals surface area contributed by atoms with Gasteiger partial charge in [-0.05, 0) is 71.1 Å². The average Bonchev–Trinajstić information content (AvgIpc) is 3.24. The zero-order valence-electron chi connectivity index (χ0n) is 21.7. The fourth-order valence-electron chi connectivity index (χ4n) is 4.76. The van der Waals surface area contributed by atoms with Gasteiger partial charge in [0.25, 0.3) is 0 Å². The lowest BCUT2D eigenvalue weighted by atomic mass is 9.93. The quantitative estimate of drug-likeness (QED) is 0.330. The molecule has 0 spiro atoms. The number of hydrogen-bond acceptors (Lipinski definition) is 4. The van der Waals surface area contributed by atoms with Crippen LogP contribution >= 0.6 is 23.2 Å². The molecule has 37 heavy (non-hydrogen) atoms. The lowest BCUT2D eigenvalue weighted by Crippen LogP contribution is -2.50. The second-order valence-electron chi connectivity index (χ2n) is 10.7. The minimum absolute atomic E-state index is 0.00795. The van der Waals surface area contributed by atoms with Crippen molar-refractivity contribution in [3.63, 3.8) is 0 Å². The largest absolute Gasteiger partial charge is 0.481 e. The number of aromatic nitrogens is 2. The van der Waals surface area contributed by atoms with Gasteiger partial charge in [0.15, 0.2) is 11.6 Å². The predicted octanol–water partition coefficient (Wildman–Crippen LogP) is 6.81. The van der Waals surface area contributed by atoms with Gasteiger partial charge in [0.05, 0.1) is 16.7 Å². The van der Waals surface area contributed by atoms with Crippen LogP contribution in [0.2, 0.25) is 10.0 Å². The van der Waals surface area contributed by atoms with Crippen LogP contribution in [-0.4, -0.2) is 39.1 Å². The number of rotatable bonds is 6. The molecule has 1 aliphatic heterocycles. The van der Waals surface area contributed by atoms with Crippen molar-refractivity contribution < 1.29 is 13.9 Å². The van der Waals surface area contributed by atoms with Crippen LogP contribution in [-0.2, 0) is 6.54 Å². The monoisotopic (exact) mass is 549 g/mol. The summed E-state index contributed by atoms with van der Waals surface area (Å²) in [4.78, 5) is 18.7. The van der Waals surface area contributed by atoms with Crippen LogP contribution in [0.15, 0.2) is 30.6 Å². The van der Waals surface area contributed by atoms with E-state index in [0.717, 1.165) is 49.8 Å². The van der Waals surface area contributed by atoms with E-state index in [2.05, 4.69) is 14.9 Å². The Kier molecular flexibility index (Phi) is 8.09. The third kappa shape index (κ3) is 6.24. The molecule has 3 N–H and O–H groups in total. The molecule has 1 aliphatic rings. The van der Waals surface area contributed by atoms with E-state index < -0.39 is 11.9 Å². The normalized spacial score (nSPS) is 15.7. The number of amides is 2. The smallest absolute Gasteiger partial charge is 0.317 e. The maximum atomic E-state index is 14.0. The highest BCUT2D eigenvalue weighted by Crippen LogP contribution is 2.39. The van der Waals surface area contributed by atoms with Crippen molar-refractivity contribution in [1.29, 1.82) is 0 Å². The van der Waals surface area contributed by atoms with Gasteiger partial charge in [-0.15, -0.1) is 0 Å². The van der Waals surface area contributed by atoms with Crippen molar-refractivity contribution in [1.82, 2.24) is 19.8 Å². The van der Waals surface area contributed by atoms with Crippen LogP contribution in [0.25, 0.3) is 10.9 Å². The molecular formula is C27H34Cl2FN5O2. The summed E-state index contributed by atoms with van der Waals surface area (Å²) >= 11 is 12.5. The predicted molar refractivity (Wildman–Crippen MR) is 147 cm³/mol. The number of hydrogen-bond donors (Lipinski definition) is 2. The first-order valence-electron chi connectivity index (χ1n) is 12.5. The number of carbonyl (C=O) groups excluding carboxylic acids is 1. The zero-order valence-corrected chi connectivity index (χ0v) is 23.2. The number of nitrogens with two attached hydrogens (primary N) is 1. The lowest BCUT2D eigenvalue weighted by Gasteiger charge is -2.34. The third-order valence-corrected chi connectivity index (χ3v) is 7.47. The molecule has 0 aliphatic carbocycles. The minimum Gasteiger partial charge on any atom is -0.481 e. The highest BCUT2D eigenvalue weighted by atomic mass is 35.5. The number of halogens is 3. The van der Waals surface area contributed by atoms with E-state index in [1.54, 1.807) is 13.1 Å². The van der Waals surface area contributed by atoms with Crippen molar-refractivity contribution in [2.75, 3.05) is 18.8 Å². The summed E-state index contributed by atoms with van der Waals surface area (Å²) in [5, 5.41) is 4.10. The molecule has 0 unspecified atom stereocenters. The maximum Gasteiger partial charge on any atom is 0.317 e. The summed E-state index contributed by atoms with van der Waals surface area (Å²) in [6.45, 7) is 10.1. The van der Waals surface area contributed by atoms with Crippen LogP contribution in [0, 0.1) is 11.7 Å². The number of benzene rings is 1. The van der Waals surface area contributed by atoms with Gasteiger partial charge in [0.2, 0.25) is 0 Å². The van der Waals surface area contributed by atoms with E-state index in [-0.39, 0.29) is 22.4 Å². The van der Waals surface area contributed by atoms with E-state index >= 15 is 0 Å². The second-order valence-corrected chi connectivity index (χ2v) is 11.5. The number of urea groups is 1. The fraction of sp³-hybridized carbons (Fsp3) is 0.481. The zero-order chi connectivity index (χ0) is 26.9. The van der Waals surface area contributed by atoms with E-state index in [1.165, 1.54) is 12.1 Å². The van der Waals surface area contributed by atoms with Crippen LogP contribution in [0.3, 0.4) is 0 Å². The van der Waals surface area contributed by atoms with Gasteiger partial charge in [-0.1, -0.05) is 23.2 Å². The molecule has 0 saturated carbocycles. The van der Waals surface area contributed by atoms with Crippen LogP contribution in [0.4, 0.5) is 15.0 Å². The van der Waals surface area contributed by atoms with Gasteiger partial charge in [-0.2, -0.15) is 0 Å². The number of nitrogen functional groups attached to an aromatic ring is 1. The molecule has 0 bridgehead atoms. The topological polar surface area (TPSA) is 85.4 Å². The molecule has 3 aromatic rings. The van der Waals surface area contributed by atoms with Gasteiger partial charge < -0.3 is 25.3 Å². The molecule has 1 atom stereocenters. The number of pyridine rings is 1. The summed E-state index contributed by atoms with van der Waals surface area (Å²) in [6.07, 6.45) is 6.03. The number of nitrogens with zero attached hydrogens (tertiary/aromatic N) is 3. The maximum absolute atomic E-state index is 14.0. The van der Waals surface area contributed by atoms with Gasteiger partial charge >= 0.3 is 6.03 Å². The number of carbonyl (C=O) groups is 1. The Balaban J connectivity index is 1.43. The molecule has 1 fully saturated rings. The second kappa shape index (κ2) is 11.0. The first kappa shape index (κ1) is 27.3. The molecule has 4 rings (SSSR count). The van der Waals surface area contributed by atoms with Crippen molar-refractivity contribution in [2.24, 2.45) is 5.92 Å². The molecule has 0 radical (unpaired) electrons. The fourth-order valence-corrected chi connectivity index (χ4v) is 5.44. The number of ether oxygens (including phenoxy) is 1. The summed E-state index contributed by atoms with van der Waals surface area (Å²) in [6, 6.07) is 4.64. The Morgan fingerprint density at radius 1 is 1.27 bits per heavy atom. The Bertz CT molecular complexity index is 1280. The summed E-state index contributed by atoms with van der Waals surface area (Å²) in [7, 11) is 0. The highest BCUT2D eigenvalue weighted by molar-refractivity contribution is 6.36. The van der Waals surface area contributed by atoms with Crippen LogP contribution in [0.5, 0.6) is 5.75 Å². The Morgan fingerprint density at radius 3 is 2.65 bits per heavy atom. The van der Waals surface area contributed by atoms with Gasteiger partial charge in [0.1, 0.15) is 11.9 Å². The average molecular weight is 551 g/mol. The van der Waals surface area contributed by atoms with E-state index in [0.29, 0.717) is 22.3 Å². The summed E-state index contributed by atoms with van der Waals surface area (Å²) in [5.41, 5.74) is 7.19. The molecule has 10 heteroatoms. The molecule has 7 nitrogen and oxygen atoms in total. The van der Waals surface area contributed by atoms with E-state index in [4.69, 9.17) is 33.7 Å². The molecule has 2 aromatic heterocycles. The number of likely N-dealkylation sites (tertiary alicyclic amines) is 1. The standard InChI is InChI=1S/C27H34Cl2FN5O2/c1-16(22-19(28)5-6-20(30)23(22)29)37-24-18-10-14-34(21(18)15-32-25(24)31)11-7-17-8-12-35(13-9-17)26(36)33-27(2,3)4/h5-6,10,14-17H,7-9,11-13H2,1-4H3,(H2,31,32)(H,33,36)/t16-/m1/s1. The number of nitrogens with one attached hydrogen (secondary N) is 1. The first-order chi connectivity index (χ1) is 17.4. The van der Waals surface area contributed by atoms with Gasteiger partial charge in [-0.25, -0.2) is 14.2 Å².